The Morgan fingerprint density at radius 1 is 1.00 bits per heavy atom. The molecule has 0 aliphatic carbocycles. The minimum atomic E-state index is -0.589. The molecule has 0 N–H and O–H groups in total. The van der Waals surface area contributed by atoms with Gasteiger partial charge in [0, 0.05) is 10.7 Å². The second-order valence-electron chi connectivity index (χ2n) is 5.86. The van der Waals surface area contributed by atoms with E-state index in [1.807, 2.05) is 0 Å². The number of ether oxygens (including phenoxy) is 1. The summed E-state index contributed by atoms with van der Waals surface area (Å²) in [5.74, 6) is -0.726. The summed E-state index contributed by atoms with van der Waals surface area (Å²) in [4.78, 5) is 39.5. The van der Waals surface area contributed by atoms with Gasteiger partial charge in [0.1, 0.15) is 6.10 Å². The summed E-state index contributed by atoms with van der Waals surface area (Å²) < 4.78 is 5.32. The number of hydrogen-bond donors (Lipinski definition) is 0. The van der Waals surface area contributed by atoms with Crippen molar-refractivity contribution < 1.29 is 19.1 Å². The molecule has 0 radical (unpaired) electrons. The maximum atomic E-state index is 12.4. The van der Waals surface area contributed by atoms with E-state index < -0.39 is 12.2 Å². The van der Waals surface area contributed by atoms with Crippen molar-refractivity contribution in [1.82, 2.24) is 4.90 Å². The molecular weight excluding hydrogens is 344 g/mol. The van der Waals surface area contributed by atoms with Crippen LogP contribution in [-0.2, 0) is 4.74 Å². The first-order valence-electron chi connectivity index (χ1n) is 7.73. The smallest absolute Gasteiger partial charge is 0.414 e. The second kappa shape index (κ2) is 5.89. The summed E-state index contributed by atoms with van der Waals surface area (Å²) in [7, 11) is 0. The van der Waals surface area contributed by atoms with Crippen LogP contribution in [0.5, 0.6) is 0 Å². The van der Waals surface area contributed by atoms with Gasteiger partial charge in [0.15, 0.2) is 0 Å². The number of nitrogens with zero attached hydrogens (tertiary/aromatic N) is 2. The fraction of sp³-hybridized carbons (Fsp3) is 0.167. The number of carbonyl (C=O) groups is 3. The van der Waals surface area contributed by atoms with Crippen LogP contribution in [0.25, 0.3) is 0 Å². The molecule has 2 aliphatic rings. The van der Waals surface area contributed by atoms with Crippen LogP contribution in [0.3, 0.4) is 0 Å². The first-order chi connectivity index (χ1) is 12.0. The van der Waals surface area contributed by atoms with Crippen LogP contribution in [0.4, 0.5) is 10.5 Å². The van der Waals surface area contributed by atoms with E-state index in [0.29, 0.717) is 21.8 Å². The molecular formula is C18H13ClN2O4. The van der Waals surface area contributed by atoms with Gasteiger partial charge in [-0.15, -0.1) is 0 Å². The number of cyclic esters (lactones) is 1. The van der Waals surface area contributed by atoms with Gasteiger partial charge in [-0.2, -0.15) is 0 Å². The van der Waals surface area contributed by atoms with E-state index in [2.05, 4.69) is 0 Å². The Kier molecular flexibility index (Phi) is 3.69. The van der Waals surface area contributed by atoms with Crippen molar-refractivity contribution in [3.63, 3.8) is 0 Å². The van der Waals surface area contributed by atoms with Gasteiger partial charge < -0.3 is 4.74 Å². The van der Waals surface area contributed by atoms with E-state index in [1.165, 1.54) is 4.90 Å². The highest BCUT2D eigenvalue weighted by Crippen LogP contribution is 2.27. The zero-order valence-corrected chi connectivity index (χ0v) is 13.8. The minimum absolute atomic E-state index is 0.0230. The Morgan fingerprint density at radius 2 is 1.68 bits per heavy atom. The topological polar surface area (TPSA) is 66.9 Å². The van der Waals surface area contributed by atoms with Crippen LogP contribution in [0.2, 0.25) is 5.02 Å². The summed E-state index contributed by atoms with van der Waals surface area (Å²) in [6, 6.07) is 13.5. The molecule has 4 rings (SSSR count). The predicted octanol–water partition coefficient (Wildman–Crippen LogP) is 2.96. The number of fused-ring (bicyclic) bond motifs is 1. The van der Waals surface area contributed by atoms with Crippen LogP contribution < -0.4 is 4.90 Å². The Morgan fingerprint density at radius 3 is 2.32 bits per heavy atom. The van der Waals surface area contributed by atoms with Crippen LogP contribution >= 0.6 is 11.6 Å². The lowest BCUT2D eigenvalue weighted by Crippen LogP contribution is -2.38. The zero-order chi connectivity index (χ0) is 17.6. The molecule has 1 saturated heterocycles. The summed E-state index contributed by atoms with van der Waals surface area (Å²) >= 11 is 5.96. The number of benzene rings is 2. The summed E-state index contributed by atoms with van der Waals surface area (Å²) in [6.07, 6.45) is -1.11. The standard InChI is InChI=1S/C18H13ClN2O4/c19-11-4-3-5-12(8-11)20-9-13(25-18(20)24)10-21-16(22)14-6-1-2-7-15(14)17(21)23/h1-8,13H,9-10H2. The predicted molar refractivity (Wildman–Crippen MR) is 90.9 cm³/mol. The Bertz CT molecular complexity index is 863. The van der Waals surface area contributed by atoms with E-state index in [4.69, 9.17) is 16.3 Å². The number of carbonyl (C=O) groups excluding carboxylic acids is 3. The molecule has 2 heterocycles. The second-order valence-corrected chi connectivity index (χ2v) is 6.30. The van der Waals surface area contributed by atoms with E-state index in [9.17, 15) is 14.4 Å². The van der Waals surface area contributed by atoms with Gasteiger partial charge in [-0.1, -0.05) is 29.8 Å². The molecule has 0 saturated carbocycles. The van der Waals surface area contributed by atoms with Crippen LogP contribution in [-0.4, -0.2) is 42.0 Å². The number of amides is 3. The SMILES string of the molecule is O=C1c2ccccc2C(=O)N1CC1CN(c2cccc(Cl)c2)C(=O)O1. The number of rotatable bonds is 3. The van der Waals surface area contributed by atoms with Gasteiger partial charge in [0.2, 0.25) is 0 Å². The third-order valence-electron chi connectivity index (χ3n) is 4.26. The summed E-state index contributed by atoms with van der Waals surface area (Å²) in [5.41, 5.74) is 1.37. The molecule has 7 heteroatoms. The summed E-state index contributed by atoms with van der Waals surface area (Å²) in [5, 5.41) is 0.508. The molecule has 0 aromatic heterocycles. The number of anilines is 1. The molecule has 0 spiro atoms. The Hall–Kier alpha value is -2.86. The van der Waals surface area contributed by atoms with Crippen molar-refractivity contribution in [1.29, 1.82) is 0 Å². The van der Waals surface area contributed by atoms with Crippen molar-refractivity contribution in [2.75, 3.05) is 18.0 Å². The highest BCUT2D eigenvalue weighted by atomic mass is 35.5. The minimum Gasteiger partial charge on any atom is -0.442 e. The molecule has 2 aromatic carbocycles. The maximum Gasteiger partial charge on any atom is 0.414 e. The average Bonchev–Trinajstić information content (AvgIpc) is 3.09. The highest BCUT2D eigenvalue weighted by Gasteiger charge is 2.40. The van der Waals surface area contributed by atoms with Crippen LogP contribution in [0.15, 0.2) is 48.5 Å². The van der Waals surface area contributed by atoms with Crippen LogP contribution in [0, 0.1) is 0 Å². The summed E-state index contributed by atoms with van der Waals surface area (Å²) in [6.45, 7) is 0.266. The first kappa shape index (κ1) is 15.7. The first-order valence-corrected chi connectivity index (χ1v) is 8.11. The van der Waals surface area contributed by atoms with E-state index in [0.717, 1.165) is 4.90 Å². The molecule has 25 heavy (non-hydrogen) atoms. The molecule has 6 nitrogen and oxygen atoms in total. The van der Waals surface area contributed by atoms with Crippen molar-refractivity contribution in [3.05, 3.63) is 64.7 Å². The highest BCUT2D eigenvalue weighted by molar-refractivity contribution is 6.30. The lowest BCUT2D eigenvalue weighted by atomic mass is 10.1. The molecule has 2 aromatic rings. The van der Waals surface area contributed by atoms with Crippen molar-refractivity contribution in [2.24, 2.45) is 0 Å². The lowest BCUT2D eigenvalue weighted by Gasteiger charge is -2.17. The van der Waals surface area contributed by atoms with Gasteiger partial charge in [0.05, 0.1) is 24.2 Å². The van der Waals surface area contributed by atoms with Crippen molar-refractivity contribution >= 4 is 35.2 Å². The van der Waals surface area contributed by atoms with Gasteiger partial charge in [-0.25, -0.2) is 4.79 Å². The van der Waals surface area contributed by atoms with Gasteiger partial charge in [-0.3, -0.25) is 19.4 Å². The van der Waals surface area contributed by atoms with E-state index in [-0.39, 0.29) is 24.9 Å². The third kappa shape index (κ3) is 2.64. The number of halogens is 1. The van der Waals surface area contributed by atoms with Gasteiger partial charge in [-0.05, 0) is 30.3 Å². The fourth-order valence-electron chi connectivity index (χ4n) is 3.08. The largest absolute Gasteiger partial charge is 0.442 e. The molecule has 126 valence electrons. The quantitative estimate of drug-likeness (QED) is 0.793. The molecule has 1 atom stereocenters. The zero-order valence-electron chi connectivity index (χ0n) is 13.0. The molecule has 3 amide bonds. The third-order valence-corrected chi connectivity index (χ3v) is 4.49. The molecule has 0 bridgehead atoms. The average molecular weight is 357 g/mol. The number of hydrogen-bond acceptors (Lipinski definition) is 4. The monoisotopic (exact) mass is 356 g/mol. The number of imide groups is 1. The van der Waals surface area contributed by atoms with Gasteiger partial charge in [0.25, 0.3) is 11.8 Å². The van der Waals surface area contributed by atoms with E-state index in [1.54, 1.807) is 48.5 Å². The molecule has 2 aliphatic heterocycles. The van der Waals surface area contributed by atoms with Crippen molar-refractivity contribution in [2.45, 2.75) is 6.10 Å². The Labute approximate surface area is 148 Å². The fourth-order valence-corrected chi connectivity index (χ4v) is 3.26. The van der Waals surface area contributed by atoms with Crippen molar-refractivity contribution in [3.8, 4) is 0 Å². The molecule has 1 unspecified atom stereocenters. The van der Waals surface area contributed by atoms with E-state index >= 15 is 0 Å². The molecule has 1 fully saturated rings. The maximum absolute atomic E-state index is 12.4. The lowest BCUT2D eigenvalue weighted by molar-refractivity contribution is 0.0558. The Balaban J connectivity index is 1.51. The van der Waals surface area contributed by atoms with Crippen LogP contribution in [0.1, 0.15) is 20.7 Å². The van der Waals surface area contributed by atoms with Gasteiger partial charge >= 0.3 is 6.09 Å². The normalized spacial score (nSPS) is 19.4.